The fraction of sp³-hybridized carbons (Fsp3) is 0. The van der Waals surface area contributed by atoms with Crippen LogP contribution in [0.15, 0.2) is 188 Å². The van der Waals surface area contributed by atoms with Gasteiger partial charge in [0, 0.05) is 53.6 Å². The summed E-state index contributed by atoms with van der Waals surface area (Å²) in [6.45, 7) is 0. The Morgan fingerprint density at radius 3 is 1.27 bits per heavy atom. The Hall–Kier alpha value is -7.15. The van der Waals surface area contributed by atoms with Crippen molar-refractivity contribution in [3.8, 4) is 79.2 Å². The Kier molecular flexibility index (Phi) is 8.28. The van der Waals surface area contributed by atoms with Crippen molar-refractivity contribution in [2.24, 2.45) is 0 Å². The molecular weight excluding hydrogens is 691 g/mol. The summed E-state index contributed by atoms with van der Waals surface area (Å²) in [5.74, 6) is 2.65. The molecule has 0 radical (unpaired) electrons. The third kappa shape index (κ3) is 6.45. The van der Waals surface area contributed by atoms with Crippen molar-refractivity contribution >= 4 is 31.5 Å². The lowest BCUT2D eigenvalue weighted by molar-refractivity contribution is 1.07. The van der Waals surface area contributed by atoms with Crippen LogP contribution in [0.3, 0.4) is 0 Å². The van der Waals surface area contributed by atoms with Crippen molar-refractivity contribution in [1.29, 1.82) is 0 Å². The lowest BCUT2D eigenvalue weighted by Gasteiger charge is -2.10. The van der Waals surface area contributed by atoms with E-state index in [-0.39, 0.29) is 0 Å². The van der Waals surface area contributed by atoms with E-state index in [0.29, 0.717) is 23.3 Å². The number of aromatic nitrogens is 5. The van der Waals surface area contributed by atoms with E-state index < -0.39 is 0 Å². The minimum atomic E-state index is 0.651. The highest BCUT2D eigenvalue weighted by Crippen LogP contribution is 2.39. The molecule has 6 heteroatoms. The van der Waals surface area contributed by atoms with Gasteiger partial charge in [0.05, 0.1) is 11.4 Å². The van der Waals surface area contributed by atoms with E-state index in [1.807, 2.05) is 97.1 Å². The summed E-state index contributed by atoms with van der Waals surface area (Å²) in [5.41, 5.74) is 9.98. The number of hydrogen-bond donors (Lipinski definition) is 0. The van der Waals surface area contributed by atoms with Crippen LogP contribution in [0.25, 0.3) is 99.4 Å². The Bertz CT molecular complexity index is 2850. The summed E-state index contributed by atoms with van der Waals surface area (Å²) in [5, 5.41) is 2.42. The van der Waals surface area contributed by atoms with Crippen molar-refractivity contribution in [3.63, 3.8) is 0 Å². The maximum Gasteiger partial charge on any atom is 0.164 e. The van der Waals surface area contributed by atoms with Gasteiger partial charge >= 0.3 is 0 Å². The Labute approximate surface area is 322 Å². The Morgan fingerprint density at radius 2 is 0.691 bits per heavy atom. The minimum Gasteiger partial charge on any atom is -0.228 e. The zero-order chi connectivity index (χ0) is 36.6. The van der Waals surface area contributed by atoms with E-state index in [4.69, 9.17) is 24.9 Å². The first-order valence-corrected chi connectivity index (χ1v) is 19.0. The molecule has 0 aliphatic heterocycles. The largest absolute Gasteiger partial charge is 0.228 e. The molecule has 0 unspecified atom stereocenters. The van der Waals surface area contributed by atoms with Crippen molar-refractivity contribution in [2.75, 3.05) is 0 Å². The van der Waals surface area contributed by atoms with E-state index >= 15 is 0 Å². The maximum atomic E-state index is 5.07. The van der Waals surface area contributed by atoms with E-state index in [9.17, 15) is 0 Å². The fourth-order valence-electron chi connectivity index (χ4n) is 6.96. The van der Waals surface area contributed by atoms with Crippen LogP contribution in [-0.4, -0.2) is 24.9 Å². The molecule has 0 saturated carbocycles. The first kappa shape index (κ1) is 32.5. The van der Waals surface area contributed by atoms with E-state index in [1.54, 1.807) is 11.3 Å². The van der Waals surface area contributed by atoms with Gasteiger partial charge in [0.2, 0.25) is 0 Å². The van der Waals surface area contributed by atoms with Crippen LogP contribution in [-0.2, 0) is 0 Å². The molecule has 3 aromatic heterocycles. The van der Waals surface area contributed by atoms with Crippen LogP contribution in [0.1, 0.15) is 0 Å². The molecule has 5 nitrogen and oxygen atoms in total. The van der Waals surface area contributed by atoms with Gasteiger partial charge in [-0.3, -0.25) is 0 Å². The molecule has 7 aromatic carbocycles. The minimum absolute atomic E-state index is 0.651. The lowest BCUT2D eigenvalue weighted by Crippen LogP contribution is -1.99. The number of benzene rings is 7. The molecule has 10 rings (SSSR count). The predicted octanol–water partition coefficient (Wildman–Crippen LogP) is 12.7. The molecule has 0 fully saturated rings. The van der Waals surface area contributed by atoms with Gasteiger partial charge in [0.15, 0.2) is 23.3 Å². The summed E-state index contributed by atoms with van der Waals surface area (Å²) < 4.78 is 2.41. The second-order valence-electron chi connectivity index (χ2n) is 13.3. The molecular formula is C49H31N5S. The van der Waals surface area contributed by atoms with Gasteiger partial charge in [-0.15, -0.1) is 11.3 Å². The van der Waals surface area contributed by atoms with E-state index in [0.717, 1.165) is 55.9 Å². The monoisotopic (exact) mass is 721 g/mol. The molecule has 3 heterocycles. The first-order valence-electron chi connectivity index (χ1n) is 18.2. The normalized spacial score (nSPS) is 11.3. The fourth-order valence-corrected chi connectivity index (χ4v) is 8.09. The van der Waals surface area contributed by atoms with Gasteiger partial charge in [0.1, 0.15) is 0 Å². The second-order valence-corrected chi connectivity index (χ2v) is 14.4. The summed E-state index contributed by atoms with van der Waals surface area (Å²) in [4.78, 5) is 24.9. The molecule has 0 amide bonds. The predicted molar refractivity (Wildman–Crippen MR) is 226 cm³/mol. The van der Waals surface area contributed by atoms with Gasteiger partial charge in [-0.1, -0.05) is 158 Å². The molecule has 0 spiro atoms. The molecule has 0 aliphatic rings. The number of fused-ring (bicyclic) bond motifs is 3. The molecule has 0 atom stereocenters. The van der Waals surface area contributed by atoms with Gasteiger partial charge in [-0.05, 0) is 41.5 Å². The summed E-state index contributed by atoms with van der Waals surface area (Å²) >= 11 is 1.78. The Balaban J connectivity index is 1.03. The molecule has 0 N–H and O–H groups in total. The van der Waals surface area contributed by atoms with Crippen molar-refractivity contribution < 1.29 is 0 Å². The van der Waals surface area contributed by atoms with Crippen molar-refractivity contribution in [3.05, 3.63) is 188 Å². The van der Waals surface area contributed by atoms with Crippen molar-refractivity contribution in [2.45, 2.75) is 0 Å². The third-order valence-corrected chi connectivity index (χ3v) is 10.9. The van der Waals surface area contributed by atoms with Gasteiger partial charge in [0.25, 0.3) is 0 Å². The standard InChI is InChI=1S/C49H31N5S/c1-5-14-32(15-6-1)42-31-43(33-16-7-2-8-17-33)51-48(50-42)38-23-13-22-36(28-38)37-25-27-44-41(29-37)40-26-24-39(30-45(40)55-44)49-53-46(34-18-9-3-10-19-34)52-47(54-49)35-20-11-4-12-21-35/h1-31H. The molecule has 0 aliphatic carbocycles. The van der Waals surface area contributed by atoms with Crippen LogP contribution in [0.2, 0.25) is 0 Å². The number of hydrogen-bond acceptors (Lipinski definition) is 6. The maximum absolute atomic E-state index is 5.07. The molecule has 55 heavy (non-hydrogen) atoms. The highest BCUT2D eigenvalue weighted by atomic mass is 32.1. The highest BCUT2D eigenvalue weighted by Gasteiger charge is 2.16. The topological polar surface area (TPSA) is 64.5 Å². The second kappa shape index (κ2) is 14.0. The van der Waals surface area contributed by atoms with Crippen LogP contribution < -0.4 is 0 Å². The molecule has 258 valence electrons. The molecule has 10 aromatic rings. The summed E-state index contributed by atoms with van der Waals surface area (Å²) in [7, 11) is 0. The van der Waals surface area contributed by atoms with Crippen LogP contribution in [0.5, 0.6) is 0 Å². The molecule has 0 saturated heterocycles. The zero-order valence-corrected chi connectivity index (χ0v) is 30.4. The van der Waals surface area contributed by atoms with Gasteiger partial charge < -0.3 is 0 Å². The van der Waals surface area contributed by atoms with Gasteiger partial charge in [-0.2, -0.15) is 0 Å². The van der Waals surface area contributed by atoms with Gasteiger partial charge in [-0.25, -0.2) is 24.9 Å². The summed E-state index contributed by atoms with van der Waals surface area (Å²) in [6.07, 6.45) is 0. The summed E-state index contributed by atoms with van der Waals surface area (Å²) in [6, 6.07) is 64.7. The Morgan fingerprint density at radius 1 is 0.255 bits per heavy atom. The van der Waals surface area contributed by atoms with Crippen molar-refractivity contribution in [1.82, 2.24) is 24.9 Å². The average Bonchev–Trinajstić information content (AvgIpc) is 3.64. The highest BCUT2D eigenvalue weighted by molar-refractivity contribution is 7.25. The third-order valence-electron chi connectivity index (χ3n) is 9.75. The number of rotatable bonds is 7. The number of thiophene rings is 1. The zero-order valence-electron chi connectivity index (χ0n) is 29.5. The average molecular weight is 722 g/mol. The lowest BCUT2D eigenvalue weighted by atomic mass is 10.00. The SMILES string of the molecule is c1ccc(-c2cc(-c3ccccc3)nc(-c3cccc(-c4ccc5sc6cc(-c7nc(-c8ccccc8)nc(-c8ccccc8)n7)ccc6c5c4)c3)n2)cc1. The first-order chi connectivity index (χ1) is 27.2. The smallest absolute Gasteiger partial charge is 0.164 e. The quantitative estimate of drug-likeness (QED) is 0.164. The number of nitrogens with zero attached hydrogens (tertiary/aromatic N) is 5. The van der Waals surface area contributed by atoms with Crippen LogP contribution >= 0.6 is 11.3 Å². The van der Waals surface area contributed by atoms with E-state index in [1.165, 1.54) is 20.2 Å². The molecule has 0 bridgehead atoms. The van der Waals surface area contributed by atoms with Crippen LogP contribution in [0, 0.1) is 0 Å². The van der Waals surface area contributed by atoms with E-state index in [2.05, 4.69) is 91.0 Å². The van der Waals surface area contributed by atoms with Crippen LogP contribution in [0.4, 0.5) is 0 Å².